The van der Waals surface area contributed by atoms with Gasteiger partial charge in [-0.05, 0) is 41.1 Å². The van der Waals surface area contributed by atoms with Crippen LogP contribution in [0.4, 0.5) is 5.82 Å². The lowest BCUT2D eigenvalue weighted by atomic mass is 10.1. The van der Waals surface area contributed by atoms with E-state index in [9.17, 15) is 9.59 Å². The lowest BCUT2D eigenvalue weighted by molar-refractivity contribution is -0.118. The molecule has 7 heteroatoms. The monoisotopic (exact) mass is 400 g/mol. The zero-order valence-corrected chi connectivity index (χ0v) is 15.5. The van der Waals surface area contributed by atoms with E-state index in [1.165, 1.54) is 4.68 Å². The number of carbonyl (C=O) groups excluding carboxylic acids is 1. The highest BCUT2D eigenvalue weighted by atomic mass is 79.9. The molecule has 128 valence electrons. The van der Waals surface area contributed by atoms with Crippen molar-refractivity contribution < 1.29 is 4.79 Å². The Bertz CT molecular complexity index is 983. The Morgan fingerprint density at radius 3 is 2.56 bits per heavy atom. The number of rotatable bonds is 4. The highest BCUT2D eigenvalue weighted by Crippen LogP contribution is 2.18. The number of hydrogen-bond donors (Lipinski definition) is 0. The average Bonchev–Trinajstić information content (AvgIpc) is 2.62. The van der Waals surface area contributed by atoms with Gasteiger partial charge >= 0.3 is 0 Å². The zero-order valence-electron chi connectivity index (χ0n) is 13.9. The normalized spacial score (nSPS) is 10.8. The molecule has 0 aliphatic rings. The minimum absolute atomic E-state index is 0.0974. The summed E-state index contributed by atoms with van der Waals surface area (Å²) in [6, 6.07) is 10.8. The highest BCUT2D eigenvalue weighted by molar-refractivity contribution is 9.10. The van der Waals surface area contributed by atoms with Crippen LogP contribution in [-0.2, 0) is 18.3 Å². The number of aryl methyl sites for hydroxylation is 1. The summed E-state index contributed by atoms with van der Waals surface area (Å²) in [5.74, 6) is 0.471. The summed E-state index contributed by atoms with van der Waals surface area (Å²) in [5.41, 5.74) is 0.409. The Hall–Kier alpha value is -2.54. The van der Waals surface area contributed by atoms with Crippen LogP contribution in [0.2, 0.25) is 0 Å². The topological polar surface area (TPSA) is 68.1 Å². The van der Waals surface area contributed by atoms with Crippen LogP contribution in [-0.4, -0.2) is 27.2 Å². The Morgan fingerprint density at radius 1 is 1.20 bits per heavy atom. The second kappa shape index (κ2) is 7.14. The molecule has 1 aromatic carbocycles. The number of benzene rings is 1. The smallest absolute Gasteiger partial charge is 0.274 e. The van der Waals surface area contributed by atoms with Crippen molar-refractivity contribution in [3.63, 3.8) is 0 Å². The fraction of sp³-hybridized carbons (Fsp3) is 0.222. The molecule has 0 radical (unpaired) electrons. The third-order valence-electron chi connectivity index (χ3n) is 3.96. The molecule has 1 amide bonds. The summed E-state index contributed by atoms with van der Waals surface area (Å²) < 4.78 is 2.13. The number of hydrogen-bond acceptors (Lipinski definition) is 4. The molecule has 0 spiro atoms. The lowest BCUT2D eigenvalue weighted by Crippen LogP contribution is -2.33. The fourth-order valence-electron chi connectivity index (χ4n) is 2.74. The van der Waals surface area contributed by atoms with Crippen LogP contribution in [0.15, 0.2) is 51.9 Å². The van der Waals surface area contributed by atoms with Gasteiger partial charge in [-0.3, -0.25) is 14.5 Å². The van der Waals surface area contributed by atoms with E-state index in [0.29, 0.717) is 28.8 Å². The summed E-state index contributed by atoms with van der Waals surface area (Å²) in [6.07, 6.45) is 1.76. The largest absolute Gasteiger partial charge is 0.297 e. The maximum atomic E-state index is 12.8. The van der Waals surface area contributed by atoms with E-state index in [-0.39, 0.29) is 17.9 Å². The van der Waals surface area contributed by atoms with Crippen LogP contribution in [0.25, 0.3) is 10.8 Å². The van der Waals surface area contributed by atoms with Crippen molar-refractivity contribution in [1.29, 1.82) is 0 Å². The van der Waals surface area contributed by atoms with Crippen LogP contribution in [0.1, 0.15) is 12.6 Å². The number of aromatic nitrogens is 3. The number of likely N-dealkylation sites (N-methyl/N-ethyl adjacent to an activating group) is 1. The molecule has 3 aromatic rings. The van der Waals surface area contributed by atoms with Crippen molar-refractivity contribution >= 4 is 38.4 Å². The first-order chi connectivity index (χ1) is 12.0. The van der Waals surface area contributed by atoms with Gasteiger partial charge in [0.2, 0.25) is 5.91 Å². The summed E-state index contributed by atoms with van der Waals surface area (Å²) in [6.45, 7) is 2.39. The summed E-state index contributed by atoms with van der Waals surface area (Å²) in [5, 5.41) is 5.56. The molecule has 2 heterocycles. The third kappa shape index (κ3) is 3.46. The van der Waals surface area contributed by atoms with Gasteiger partial charge in [0.15, 0.2) is 0 Å². The van der Waals surface area contributed by atoms with Crippen LogP contribution < -0.4 is 10.5 Å². The van der Waals surface area contributed by atoms with Crippen molar-refractivity contribution in [2.45, 2.75) is 13.3 Å². The molecule has 25 heavy (non-hydrogen) atoms. The molecule has 0 fully saturated rings. The molecule has 0 N–H and O–H groups in total. The van der Waals surface area contributed by atoms with E-state index >= 15 is 0 Å². The van der Waals surface area contributed by atoms with E-state index in [0.717, 1.165) is 4.47 Å². The Kier molecular flexibility index (Phi) is 4.94. The molecule has 0 saturated carbocycles. The fourth-order valence-corrected chi connectivity index (χ4v) is 2.97. The van der Waals surface area contributed by atoms with E-state index in [1.807, 2.05) is 25.1 Å². The number of amides is 1. The van der Waals surface area contributed by atoms with Gasteiger partial charge in [-0.1, -0.05) is 18.2 Å². The predicted molar refractivity (Wildman–Crippen MR) is 101 cm³/mol. The molecule has 6 nitrogen and oxygen atoms in total. The Morgan fingerprint density at radius 2 is 1.92 bits per heavy atom. The van der Waals surface area contributed by atoms with Gasteiger partial charge in [0.25, 0.3) is 5.56 Å². The third-order valence-corrected chi connectivity index (χ3v) is 4.43. The van der Waals surface area contributed by atoms with Crippen molar-refractivity contribution in [3.8, 4) is 0 Å². The summed E-state index contributed by atoms with van der Waals surface area (Å²) >= 11 is 3.34. The molecule has 0 unspecified atom stereocenters. The van der Waals surface area contributed by atoms with Crippen LogP contribution in [0.5, 0.6) is 0 Å². The molecule has 2 aromatic heterocycles. The van der Waals surface area contributed by atoms with E-state index in [2.05, 4.69) is 26.0 Å². The quantitative estimate of drug-likeness (QED) is 0.674. The first kappa shape index (κ1) is 17.3. The van der Waals surface area contributed by atoms with E-state index < -0.39 is 0 Å². The molecule has 0 bridgehead atoms. The summed E-state index contributed by atoms with van der Waals surface area (Å²) in [4.78, 5) is 30.9. The van der Waals surface area contributed by atoms with Crippen molar-refractivity contribution in [2.24, 2.45) is 7.05 Å². The van der Waals surface area contributed by atoms with E-state index in [1.54, 1.807) is 36.3 Å². The number of fused-ring (bicyclic) bond motifs is 1. The van der Waals surface area contributed by atoms with Gasteiger partial charge in [-0.15, -0.1) is 0 Å². The minimum Gasteiger partial charge on any atom is -0.297 e. The van der Waals surface area contributed by atoms with Gasteiger partial charge in [0.1, 0.15) is 5.82 Å². The predicted octanol–water partition coefficient (Wildman–Crippen LogP) is 2.69. The zero-order chi connectivity index (χ0) is 18.0. The van der Waals surface area contributed by atoms with Crippen molar-refractivity contribution in [1.82, 2.24) is 14.8 Å². The average molecular weight is 401 g/mol. The first-order valence-electron chi connectivity index (χ1n) is 7.88. The molecule has 3 rings (SSSR count). The number of carbonyl (C=O) groups is 1. The van der Waals surface area contributed by atoms with Gasteiger partial charge < -0.3 is 0 Å². The second-order valence-corrected chi connectivity index (χ2v) is 6.49. The van der Waals surface area contributed by atoms with Gasteiger partial charge in [0.05, 0.1) is 17.5 Å². The SMILES string of the molecule is CCN(C(=O)Cc1nn(C)c(=O)c2ccccc12)c1ccc(Br)cn1. The number of pyridine rings is 1. The van der Waals surface area contributed by atoms with Crippen molar-refractivity contribution in [2.75, 3.05) is 11.4 Å². The number of nitrogens with zero attached hydrogens (tertiary/aromatic N) is 4. The lowest BCUT2D eigenvalue weighted by Gasteiger charge is -2.20. The Balaban J connectivity index is 1.97. The number of halogens is 1. The minimum atomic E-state index is -0.172. The maximum absolute atomic E-state index is 12.8. The van der Waals surface area contributed by atoms with Gasteiger partial charge in [0, 0.05) is 29.6 Å². The van der Waals surface area contributed by atoms with Gasteiger partial charge in [-0.25, -0.2) is 9.67 Å². The van der Waals surface area contributed by atoms with Gasteiger partial charge in [-0.2, -0.15) is 5.10 Å². The molecular formula is C18H17BrN4O2. The van der Waals surface area contributed by atoms with Crippen molar-refractivity contribution in [3.05, 3.63) is 63.1 Å². The standard InChI is InChI=1S/C18H17BrN4O2/c1-3-23(16-9-8-12(19)11-20-16)17(24)10-15-13-6-4-5-7-14(13)18(25)22(2)21-15/h4-9,11H,3,10H2,1-2H3. The maximum Gasteiger partial charge on any atom is 0.274 e. The Labute approximate surface area is 153 Å². The van der Waals surface area contributed by atoms with E-state index in [4.69, 9.17) is 0 Å². The van der Waals surface area contributed by atoms with Crippen LogP contribution in [0, 0.1) is 0 Å². The molecular weight excluding hydrogens is 384 g/mol. The van der Waals surface area contributed by atoms with Crippen LogP contribution in [0.3, 0.4) is 0 Å². The first-order valence-corrected chi connectivity index (χ1v) is 8.67. The van der Waals surface area contributed by atoms with Crippen LogP contribution >= 0.6 is 15.9 Å². The highest BCUT2D eigenvalue weighted by Gasteiger charge is 2.18. The molecule has 0 aliphatic heterocycles. The molecule has 0 aliphatic carbocycles. The molecule has 0 atom stereocenters. The molecule has 0 saturated heterocycles. The summed E-state index contributed by atoms with van der Waals surface area (Å²) in [7, 11) is 1.59. The number of anilines is 1. The second-order valence-electron chi connectivity index (χ2n) is 5.57.